The van der Waals surface area contributed by atoms with Gasteiger partial charge in [-0.25, -0.2) is 0 Å². The van der Waals surface area contributed by atoms with Gasteiger partial charge in [0.1, 0.15) is 12.5 Å². The summed E-state index contributed by atoms with van der Waals surface area (Å²) >= 11 is 0. The maximum absolute atomic E-state index is 12.5. The third kappa shape index (κ3) is 8.20. The predicted octanol–water partition coefficient (Wildman–Crippen LogP) is 5.61. The second-order valence-corrected chi connectivity index (χ2v) is 7.41. The van der Waals surface area contributed by atoms with Crippen molar-refractivity contribution in [3.63, 3.8) is 0 Å². The molecular weight excluding hydrogens is 364 g/mol. The number of hydrogen-bond acceptors (Lipinski definition) is 3. The number of rotatable bonds is 14. The van der Waals surface area contributed by atoms with Crippen molar-refractivity contribution in [1.29, 1.82) is 0 Å². The van der Waals surface area contributed by atoms with Gasteiger partial charge >= 0.3 is 5.97 Å². The summed E-state index contributed by atoms with van der Waals surface area (Å²) in [5, 5.41) is 9.03. The number of unbranched alkanes of at least 4 members (excludes halogenated alkanes) is 3. The smallest absolute Gasteiger partial charge is 0.310 e. The van der Waals surface area contributed by atoms with Gasteiger partial charge < -0.3 is 9.84 Å². The molecule has 4 heteroatoms. The van der Waals surface area contributed by atoms with Gasteiger partial charge in [0.2, 0.25) is 0 Å². The molecule has 0 aromatic heterocycles. The standard InChI is InChI=1S/C25H32O4/c1-2-3-4-11-18-29-24(23(26)19-25(27)28)17-16-22(20-12-7-5-8-13-20)21-14-9-6-10-15-21/h5-10,12-15,22,24H,2-4,11,16-19H2,1H3,(H,27,28). The molecule has 2 aromatic carbocycles. The second-order valence-electron chi connectivity index (χ2n) is 7.41. The van der Waals surface area contributed by atoms with Crippen LogP contribution in [0.15, 0.2) is 60.7 Å². The lowest BCUT2D eigenvalue weighted by molar-refractivity contribution is -0.144. The average Bonchev–Trinajstić information content (AvgIpc) is 2.73. The first kappa shape index (κ1) is 22.8. The summed E-state index contributed by atoms with van der Waals surface area (Å²) in [6.07, 6.45) is 4.31. The van der Waals surface area contributed by atoms with E-state index < -0.39 is 18.5 Å². The van der Waals surface area contributed by atoms with Crippen molar-refractivity contribution in [3.8, 4) is 0 Å². The molecule has 0 aliphatic rings. The summed E-state index contributed by atoms with van der Waals surface area (Å²) in [6, 6.07) is 20.4. The molecule has 0 spiro atoms. The van der Waals surface area contributed by atoms with Crippen LogP contribution in [0.4, 0.5) is 0 Å². The number of aliphatic carboxylic acids is 1. The Morgan fingerprint density at radius 3 is 1.97 bits per heavy atom. The monoisotopic (exact) mass is 396 g/mol. The molecule has 29 heavy (non-hydrogen) atoms. The number of ketones is 1. The molecule has 1 N–H and O–H groups in total. The van der Waals surface area contributed by atoms with E-state index in [1.54, 1.807) is 0 Å². The van der Waals surface area contributed by atoms with Crippen LogP contribution in [0.2, 0.25) is 0 Å². The van der Waals surface area contributed by atoms with E-state index in [-0.39, 0.29) is 11.7 Å². The number of carboxylic acid groups (broad SMARTS) is 1. The largest absolute Gasteiger partial charge is 0.481 e. The molecule has 1 unspecified atom stereocenters. The number of carbonyl (C=O) groups excluding carboxylic acids is 1. The highest BCUT2D eigenvalue weighted by molar-refractivity contribution is 5.97. The zero-order valence-corrected chi connectivity index (χ0v) is 17.3. The number of benzene rings is 2. The van der Waals surface area contributed by atoms with E-state index in [9.17, 15) is 9.59 Å². The summed E-state index contributed by atoms with van der Waals surface area (Å²) in [7, 11) is 0. The van der Waals surface area contributed by atoms with Gasteiger partial charge in [-0.05, 0) is 30.4 Å². The fourth-order valence-electron chi connectivity index (χ4n) is 3.57. The van der Waals surface area contributed by atoms with E-state index in [1.165, 1.54) is 11.1 Å². The van der Waals surface area contributed by atoms with Crippen LogP contribution in [0.1, 0.15) is 68.9 Å². The number of carbonyl (C=O) groups is 2. The summed E-state index contributed by atoms with van der Waals surface area (Å²) in [6.45, 7) is 2.64. The van der Waals surface area contributed by atoms with Crippen LogP contribution in [0.5, 0.6) is 0 Å². The molecule has 0 amide bonds. The fraction of sp³-hybridized carbons (Fsp3) is 0.440. The molecular formula is C25H32O4. The first-order valence-corrected chi connectivity index (χ1v) is 10.6. The zero-order valence-electron chi connectivity index (χ0n) is 17.3. The molecule has 0 saturated heterocycles. The van der Waals surface area contributed by atoms with Gasteiger partial charge in [0.25, 0.3) is 0 Å². The van der Waals surface area contributed by atoms with Crippen molar-refractivity contribution < 1.29 is 19.4 Å². The molecule has 2 aromatic rings. The maximum Gasteiger partial charge on any atom is 0.310 e. The summed E-state index contributed by atoms with van der Waals surface area (Å²) < 4.78 is 5.86. The fourth-order valence-corrected chi connectivity index (χ4v) is 3.57. The van der Waals surface area contributed by atoms with Crippen LogP contribution in [-0.4, -0.2) is 29.6 Å². The van der Waals surface area contributed by atoms with E-state index >= 15 is 0 Å². The van der Waals surface area contributed by atoms with Crippen molar-refractivity contribution in [2.24, 2.45) is 0 Å². The lowest BCUT2D eigenvalue weighted by Gasteiger charge is -2.22. The van der Waals surface area contributed by atoms with Crippen molar-refractivity contribution in [3.05, 3.63) is 71.8 Å². The van der Waals surface area contributed by atoms with Gasteiger partial charge in [0.15, 0.2) is 5.78 Å². The Morgan fingerprint density at radius 2 is 1.45 bits per heavy atom. The van der Waals surface area contributed by atoms with Crippen molar-refractivity contribution in [2.75, 3.05) is 6.61 Å². The van der Waals surface area contributed by atoms with E-state index in [1.807, 2.05) is 36.4 Å². The number of Topliss-reactive ketones (excluding diaryl/α,β-unsaturated/α-hetero) is 1. The highest BCUT2D eigenvalue weighted by Crippen LogP contribution is 2.30. The number of ether oxygens (including phenoxy) is 1. The Kier molecular flexibility index (Phi) is 10.1. The van der Waals surface area contributed by atoms with Gasteiger partial charge in [-0.3, -0.25) is 9.59 Å². The van der Waals surface area contributed by atoms with Gasteiger partial charge in [-0.1, -0.05) is 86.8 Å². The van der Waals surface area contributed by atoms with Crippen molar-refractivity contribution in [1.82, 2.24) is 0 Å². The van der Waals surface area contributed by atoms with E-state index in [2.05, 4.69) is 31.2 Å². The number of hydrogen-bond donors (Lipinski definition) is 1. The summed E-state index contributed by atoms with van der Waals surface area (Å²) in [5.41, 5.74) is 2.37. The molecule has 0 fully saturated rings. The topological polar surface area (TPSA) is 63.6 Å². The zero-order chi connectivity index (χ0) is 20.9. The SMILES string of the molecule is CCCCCCOC(CCC(c1ccccc1)c1ccccc1)C(=O)CC(=O)O. The molecule has 1 atom stereocenters. The lowest BCUT2D eigenvalue weighted by Crippen LogP contribution is -2.27. The minimum absolute atomic E-state index is 0.140. The summed E-state index contributed by atoms with van der Waals surface area (Å²) in [4.78, 5) is 23.5. The molecule has 0 saturated carbocycles. The predicted molar refractivity (Wildman–Crippen MR) is 115 cm³/mol. The van der Waals surface area contributed by atoms with E-state index in [0.717, 1.165) is 32.1 Å². The first-order valence-electron chi connectivity index (χ1n) is 10.6. The van der Waals surface area contributed by atoms with Gasteiger partial charge in [-0.2, -0.15) is 0 Å². The molecule has 0 heterocycles. The molecule has 2 rings (SSSR count). The average molecular weight is 397 g/mol. The van der Waals surface area contributed by atoms with Crippen LogP contribution in [-0.2, 0) is 14.3 Å². The minimum atomic E-state index is -1.10. The minimum Gasteiger partial charge on any atom is -0.481 e. The summed E-state index contributed by atoms with van der Waals surface area (Å²) in [5.74, 6) is -1.30. The second kappa shape index (κ2) is 12.9. The number of carboxylic acids is 1. The first-order chi connectivity index (χ1) is 14.1. The van der Waals surface area contributed by atoms with Crippen LogP contribution in [0, 0.1) is 0 Å². The molecule has 0 bridgehead atoms. The Labute approximate surface area is 173 Å². The maximum atomic E-state index is 12.5. The molecule has 0 aliphatic carbocycles. The van der Waals surface area contributed by atoms with Gasteiger partial charge in [-0.15, -0.1) is 0 Å². The van der Waals surface area contributed by atoms with Crippen molar-refractivity contribution >= 4 is 11.8 Å². The van der Waals surface area contributed by atoms with Crippen LogP contribution >= 0.6 is 0 Å². The third-order valence-electron chi connectivity index (χ3n) is 5.12. The van der Waals surface area contributed by atoms with E-state index in [0.29, 0.717) is 13.0 Å². The molecule has 4 nitrogen and oxygen atoms in total. The Balaban J connectivity index is 2.07. The normalized spacial score (nSPS) is 12.1. The quantitative estimate of drug-likeness (QED) is 0.333. The lowest BCUT2D eigenvalue weighted by atomic mass is 9.86. The Morgan fingerprint density at radius 1 is 0.862 bits per heavy atom. The highest BCUT2D eigenvalue weighted by atomic mass is 16.5. The van der Waals surface area contributed by atoms with Gasteiger partial charge in [0, 0.05) is 12.5 Å². The van der Waals surface area contributed by atoms with Crippen LogP contribution in [0.25, 0.3) is 0 Å². The van der Waals surface area contributed by atoms with Gasteiger partial charge in [0.05, 0.1) is 0 Å². The Hall–Kier alpha value is -2.46. The van der Waals surface area contributed by atoms with Crippen LogP contribution in [0.3, 0.4) is 0 Å². The Bertz CT molecular complexity index is 688. The molecule has 156 valence electrons. The van der Waals surface area contributed by atoms with Crippen molar-refractivity contribution in [2.45, 2.75) is 63.9 Å². The van der Waals surface area contributed by atoms with Crippen LogP contribution < -0.4 is 0 Å². The highest BCUT2D eigenvalue weighted by Gasteiger charge is 2.24. The van der Waals surface area contributed by atoms with E-state index in [4.69, 9.17) is 9.84 Å². The molecule has 0 radical (unpaired) electrons. The third-order valence-corrected chi connectivity index (χ3v) is 5.12. The molecule has 0 aliphatic heterocycles.